The minimum atomic E-state index is -0.297. The Morgan fingerprint density at radius 1 is 1.27 bits per heavy atom. The number of carbonyl (C=O) groups is 1. The normalized spacial score (nSPS) is 25.1. The number of benzene rings is 1. The van der Waals surface area contributed by atoms with Gasteiger partial charge in [-0.15, -0.1) is 0 Å². The Morgan fingerprint density at radius 3 is 2.87 bits per heavy atom. The van der Waals surface area contributed by atoms with Crippen molar-refractivity contribution in [3.05, 3.63) is 53.3 Å². The van der Waals surface area contributed by atoms with Crippen LogP contribution in [-0.2, 0) is 24.4 Å². The highest BCUT2D eigenvalue weighted by Gasteiger charge is 2.52. The Labute approximate surface area is 180 Å². The number of fused-ring (bicyclic) bond motifs is 1. The first-order valence-electron chi connectivity index (χ1n) is 11.3. The molecule has 162 valence electrons. The average molecular weight is 410 g/mol. The van der Waals surface area contributed by atoms with Crippen LogP contribution in [0.15, 0.2) is 36.7 Å². The van der Waals surface area contributed by atoms with Crippen molar-refractivity contribution >= 4 is 5.91 Å². The average Bonchev–Trinajstić information content (AvgIpc) is 3.21. The van der Waals surface area contributed by atoms with Crippen molar-refractivity contribution in [3.8, 4) is 0 Å². The number of carbonyl (C=O) groups excluding carboxylic acids is 1. The van der Waals surface area contributed by atoms with Crippen LogP contribution in [0, 0.1) is 12.3 Å². The third kappa shape index (κ3) is 4.16. The first-order chi connectivity index (χ1) is 14.5. The Hall–Kier alpha value is -2.18. The molecule has 30 heavy (non-hydrogen) atoms. The van der Waals surface area contributed by atoms with Gasteiger partial charge in [-0.2, -0.15) is 5.10 Å². The largest absolute Gasteiger partial charge is 0.351 e. The van der Waals surface area contributed by atoms with E-state index in [4.69, 9.17) is 0 Å². The number of aromatic nitrogens is 2. The van der Waals surface area contributed by atoms with Crippen LogP contribution >= 0.6 is 0 Å². The summed E-state index contributed by atoms with van der Waals surface area (Å²) in [6.07, 6.45) is 7.10. The lowest BCUT2D eigenvalue weighted by atomic mass is 9.67. The van der Waals surface area contributed by atoms with Gasteiger partial charge in [0.1, 0.15) is 0 Å². The molecule has 1 aromatic heterocycles. The molecule has 2 aliphatic heterocycles. The summed E-state index contributed by atoms with van der Waals surface area (Å²) in [5, 5.41) is 7.75. The molecule has 2 fully saturated rings. The number of nitrogens with one attached hydrogen (secondary N) is 1. The first kappa shape index (κ1) is 21.1. The molecule has 6 heteroatoms. The molecule has 3 heterocycles. The summed E-state index contributed by atoms with van der Waals surface area (Å²) in [6, 6.07) is 8.55. The van der Waals surface area contributed by atoms with E-state index in [1.54, 1.807) is 0 Å². The molecule has 2 atom stereocenters. The maximum atomic E-state index is 13.6. The number of likely N-dealkylation sites (tertiary alicyclic amines) is 2. The van der Waals surface area contributed by atoms with Crippen molar-refractivity contribution in [2.24, 2.45) is 5.41 Å². The van der Waals surface area contributed by atoms with Gasteiger partial charge in [-0.05, 0) is 64.4 Å². The van der Waals surface area contributed by atoms with Gasteiger partial charge in [0.15, 0.2) is 0 Å². The second-order valence-electron chi connectivity index (χ2n) is 9.07. The summed E-state index contributed by atoms with van der Waals surface area (Å²) in [7, 11) is 2.18. The molecule has 0 unspecified atom stereocenters. The van der Waals surface area contributed by atoms with Gasteiger partial charge in [-0.3, -0.25) is 14.4 Å². The van der Waals surface area contributed by atoms with Crippen molar-refractivity contribution < 1.29 is 4.79 Å². The van der Waals surface area contributed by atoms with Crippen molar-refractivity contribution in [2.75, 3.05) is 26.7 Å². The minimum absolute atomic E-state index is 0.234. The van der Waals surface area contributed by atoms with Crippen LogP contribution in [0.1, 0.15) is 42.9 Å². The summed E-state index contributed by atoms with van der Waals surface area (Å²) in [5.41, 5.74) is 3.37. The van der Waals surface area contributed by atoms with E-state index in [0.717, 1.165) is 52.0 Å². The predicted molar refractivity (Wildman–Crippen MR) is 119 cm³/mol. The van der Waals surface area contributed by atoms with E-state index < -0.39 is 0 Å². The molecule has 2 aromatic rings. The quantitative estimate of drug-likeness (QED) is 0.797. The lowest BCUT2D eigenvalue weighted by molar-refractivity contribution is -0.145. The van der Waals surface area contributed by atoms with Crippen molar-refractivity contribution in [2.45, 2.75) is 58.8 Å². The third-order valence-electron chi connectivity index (χ3n) is 7.12. The van der Waals surface area contributed by atoms with Gasteiger partial charge in [-0.25, -0.2) is 0 Å². The van der Waals surface area contributed by atoms with Crippen LogP contribution < -0.4 is 5.32 Å². The number of rotatable bonds is 6. The molecule has 1 amide bonds. The van der Waals surface area contributed by atoms with E-state index in [9.17, 15) is 4.79 Å². The molecule has 0 radical (unpaired) electrons. The highest BCUT2D eigenvalue weighted by molar-refractivity contribution is 5.84. The second-order valence-corrected chi connectivity index (χ2v) is 9.07. The Balaban J connectivity index is 1.52. The number of amides is 1. The lowest BCUT2D eigenvalue weighted by Crippen LogP contribution is -2.65. The molecule has 0 aliphatic carbocycles. The van der Waals surface area contributed by atoms with Crippen LogP contribution in [0.3, 0.4) is 0 Å². The number of piperidine rings is 2. The zero-order valence-corrected chi connectivity index (χ0v) is 18.6. The molecule has 0 spiro atoms. The van der Waals surface area contributed by atoms with E-state index in [2.05, 4.69) is 59.4 Å². The van der Waals surface area contributed by atoms with Crippen LogP contribution in [0.25, 0.3) is 0 Å². The van der Waals surface area contributed by atoms with Gasteiger partial charge in [-0.1, -0.05) is 24.3 Å². The van der Waals surface area contributed by atoms with Crippen molar-refractivity contribution in [3.63, 3.8) is 0 Å². The van der Waals surface area contributed by atoms with Gasteiger partial charge < -0.3 is 10.2 Å². The maximum Gasteiger partial charge on any atom is 0.228 e. The monoisotopic (exact) mass is 409 g/mol. The van der Waals surface area contributed by atoms with E-state index in [0.29, 0.717) is 6.54 Å². The smallest absolute Gasteiger partial charge is 0.228 e. The lowest BCUT2D eigenvalue weighted by Gasteiger charge is -2.53. The molecule has 6 nitrogen and oxygen atoms in total. The first-order valence-corrected chi connectivity index (χ1v) is 11.3. The Bertz CT molecular complexity index is 878. The molecule has 2 aliphatic rings. The number of hydrogen-bond donors (Lipinski definition) is 1. The van der Waals surface area contributed by atoms with Gasteiger partial charge in [0, 0.05) is 44.0 Å². The number of nitrogens with zero attached hydrogens (tertiary/aromatic N) is 4. The van der Waals surface area contributed by atoms with Crippen molar-refractivity contribution in [1.29, 1.82) is 0 Å². The van der Waals surface area contributed by atoms with Crippen LogP contribution in [-0.4, -0.2) is 58.2 Å². The summed E-state index contributed by atoms with van der Waals surface area (Å²) in [4.78, 5) is 18.5. The summed E-state index contributed by atoms with van der Waals surface area (Å²) < 4.78 is 1.98. The van der Waals surface area contributed by atoms with Gasteiger partial charge in [0.05, 0.1) is 11.6 Å². The fourth-order valence-corrected chi connectivity index (χ4v) is 5.25. The van der Waals surface area contributed by atoms with E-state index in [1.165, 1.54) is 16.7 Å². The zero-order valence-electron chi connectivity index (χ0n) is 18.6. The predicted octanol–water partition coefficient (Wildman–Crippen LogP) is 2.81. The molecule has 1 aromatic carbocycles. The van der Waals surface area contributed by atoms with Gasteiger partial charge in [0.2, 0.25) is 5.91 Å². The molecule has 4 rings (SSSR count). The topological polar surface area (TPSA) is 53.4 Å². The minimum Gasteiger partial charge on any atom is -0.351 e. The van der Waals surface area contributed by atoms with E-state index in [1.807, 2.05) is 23.0 Å². The third-order valence-corrected chi connectivity index (χ3v) is 7.12. The Kier molecular flexibility index (Phi) is 6.25. The SMILES string of the molecule is CCn1cc(CN2CCC[C@@]3(C(=O)NCc4ccccc4C)CCN(C)C[C@H]23)cn1. The number of likely N-dealkylation sites (N-methyl/N-ethyl adjacent to an activating group) is 1. The van der Waals surface area contributed by atoms with E-state index in [-0.39, 0.29) is 17.4 Å². The Morgan fingerprint density at radius 2 is 2.10 bits per heavy atom. The standard InChI is InChI=1S/C24H35N5O/c1-4-29-17-20(14-26-29)16-28-12-7-10-24(11-13-27(3)18-22(24)28)23(30)25-15-21-9-6-5-8-19(21)2/h5-6,8-9,14,17,22H,4,7,10-13,15-16,18H2,1-3H3,(H,25,30)/t22-,24+/m0/s1. The van der Waals surface area contributed by atoms with Crippen LogP contribution in [0.4, 0.5) is 0 Å². The molecule has 0 saturated carbocycles. The van der Waals surface area contributed by atoms with Crippen LogP contribution in [0.2, 0.25) is 0 Å². The summed E-state index contributed by atoms with van der Waals surface area (Å²) >= 11 is 0. The zero-order chi connectivity index (χ0) is 21.1. The molecular weight excluding hydrogens is 374 g/mol. The van der Waals surface area contributed by atoms with Crippen LogP contribution in [0.5, 0.6) is 0 Å². The highest BCUT2D eigenvalue weighted by Crippen LogP contribution is 2.43. The molecule has 1 N–H and O–H groups in total. The summed E-state index contributed by atoms with van der Waals surface area (Å²) in [5.74, 6) is 0.234. The maximum absolute atomic E-state index is 13.6. The van der Waals surface area contributed by atoms with Gasteiger partial charge >= 0.3 is 0 Å². The molecule has 0 bridgehead atoms. The second kappa shape index (κ2) is 8.90. The molecular formula is C24H35N5O. The number of hydrogen-bond acceptors (Lipinski definition) is 4. The van der Waals surface area contributed by atoms with Crippen molar-refractivity contribution in [1.82, 2.24) is 24.9 Å². The molecule has 2 saturated heterocycles. The summed E-state index contributed by atoms with van der Waals surface area (Å²) in [6.45, 7) is 9.55. The van der Waals surface area contributed by atoms with E-state index >= 15 is 0 Å². The highest BCUT2D eigenvalue weighted by atomic mass is 16.2. The number of aryl methyl sites for hydroxylation is 2. The fraction of sp³-hybridized carbons (Fsp3) is 0.583. The fourth-order valence-electron chi connectivity index (χ4n) is 5.25. The van der Waals surface area contributed by atoms with Gasteiger partial charge in [0.25, 0.3) is 0 Å².